The summed E-state index contributed by atoms with van der Waals surface area (Å²) in [5, 5.41) is 10.7. The van der Waals surface area contributed by atoms with Crippen LogP contribution in [-0.2, 0) is 6.54 Å². The average molecular weight is 487 g/mol. The molecule has 1 unspecified atom stereocenters. The molecule has 1 fully saturated rings. The van der Waals surface area contributed by atoms with Crippen LogP contribution in [0.1, 0.15) is 12.5 Å². The number of rotatable bonds is 4. The zero-order valence-electron chi connectivity index (χ0n) is 19.3. The number of benzene rings is 3. The van der Waals surface area contributed by atoms with E-state index in [0.29, 0.717) is 11.6 Å². The second-order valence-corrected chi connectivity index (χ2v) is 9.41. The lowest BCUT2D eigenvalue weighted by molar-refractivity contribution is 0.178. The molecule has 0 amide bonds. The van der Waals surface area contributed by atoms with Crippen molar-refractivity contribution in [3.63, 3.8) is 0 Å². The summed E-state index contributed by atoms with van der Waals surface area (Å²) in [5.74, 6) is 1.38. The maximum absolute atomic E-state index is 14.3. The van der Waals surface area contributed by atoms with Gasteiger partial charge in [-0.2, -0.15) is 0 Å². The molecule has 0 aliphatic carbocycles. The Labute approximate surface area is 207 Å². The highest BCUT2D eigenvalue weighted by Gasteiger charge is 2.28. The van der Waals surface area contributed by atoms with E-state index < -0.39 is 0 Å². The first-order valence-corrected chi connectivity index (χ1v) is 12.1. The Bertz CT molecular complexity index is 1520. The number of fused-ring (bicyclic) bond motifs is 3. The van der Waals surface area contributed by atoms with Crippen molar-refractivity contribution in [2.75, 3.05) is 24.5 Å². The molecular weight excluding hydrogens is 463 g/mol. The van der Waals surface area contributed by atoms with E-state index in [1.807, 2.05) is 65.1 Å². The van der Waals surface area contributed by atoms with Gasteiger partial charge in [-0.25, -0.2) is 13.8 Å². The molecule has 0 saturated carbocycles. The Hall–Kier alpha value is -3.55. The van der Waals surface area contributed by atoms with Crippen molar-refractivity contribution in [3.8, 4) is 11.4 Å². The van der Waals surface area contributed by atoms with Crippen molar-refractivity contribution >= 4 is 34.1 Å². The van der Waals surface area contributed by atoms with Crippen LogP contribution in [0, 0.1) is 5.82 Å². The van der Waals surface area contributed by atoms with Crippen LogP contribution in [0.4, 0.5) is 10.3 Å². The summed E-state index contributed by atoms with van der Waals surface area (Å²) in [6.07, 6.45) is 0. The summed E-state index contributed by atoms with van der Waals surface area (Å²) in [5.41, 5.74) is 3.30. The van der Waals surface area contributed by atoms with E-state index in [9.17, 15) is 4.39 Å². The van der Waals surface area contributed by atoms with Crippen molar-refractivity contribution < 1.29 is 4.39 Å². The Morgan fingerprint density at radius 3 is 2.51 bits per heavy atom. The van der Waals surface area contributed by atoms with Crippen molar-refractivity contribution in [1.29, 1.82) is 0 Å². The maximum Gasteiger partial charge on any atom is 0.213 e. The van der Waals surface area contributed by atoms with Gasteiger partial charge in [-0.15, -0.1) is 10.2 Å². The summed E-state index contributed by atoms with van der Waals surface area (Å²) < 4.78 is 16.3. The summed E-state index contributed by atoms with van der Waals surface area (Å²) in [4.78, 5) is 9.67. The lowest BCUT2D eigenvalue weighted by atomic mass is 10.1. The Morgan fingerprint density at radius 1 is 0.943 bits per heavy atom. The third kappa shape index (κ3) is 4.00. The molecule has 0 spiro atoms. The van der Waals surface area contributed by atoms with Gasteiger partial charge in [-0.05, 0) is 49.4 Å². The number of nitrogens with zero attached hydrogens (tertiary/aromatic N) is 6. The van der Waals surface area contributed by atoms with Crippen LogP contribution in [0.2, 0.25) is 5.02 Å². The first-order valence-electron chi connectivity index (χ1n) is 11.7. The van der Waals surface area contributed by atoms with Gasteiger partial charge in [0.2, 0.25) is 5.95 Å². The van der Waals surface area contributed by atoms with Crippen molar-refractivity contribution in [3.05, 3.63) is 89.2 Å². The highest BCUT2D eigenvalue weighted by molar-refractivity contribution is 6.30. The number of hydrogen-bond donors (Lipinski definition) is 0. The molecule has 6 rings (SSSR count). The Balaban J connectivity index is 1.40. The van der Waals surface area contributed by atoms with Gasteiger partial charge in [0, 0.05) is 53.8 Å². The van der Waals surface area contributed by atoms with E-state index in [0.717, 1.165) is 59.1 Å². The van der Waals surface area contributed by atoms with Crippen LogP contribution in [0.3, 0.4) is 0 Å². The number of anilines is 1. The average Bonchev–Trinajstić information content (AvgIpc) is 3.32. The summed E-state index contributed by atoms with van der Waals surface area (Å²) in [7, 11) is 0. The van der Waals surface area contributed by atoms with Crippen LogP contribution >= 0.6 is 11.6 Å². The molecule has 0 bridgehead atoms. The van der Waals surface area contributed by atoms with Crippen LogP contribution in [-0.4, -0.2) is 50.2 Å². The summed E-state index contributed by atoms with van der Waals surface area (Å²) >= 11 is 6.13. The minimum atomic E-state index is -0.155. The Kier molecular flexibility index (Phi) is 5.59. The van der Waals surface area contributed by atoms with Crippen LogP contribution in [0.5, 0.6) is 0 Å². The first-order chi connectivity index (χ1) is 17.1. The van der Waals surface area contributed by atoms with E-state index in [1.54, 1.807) is 6.07 Å². The molecule has 1 aliphatic heterocycles. The van der Waals surface area contributed by atoms with Gasteiger partial charge in [0.1, 0.15) is 5.82 Å². The molecule has 0 N–H and O–H groups in total. The quantitative estimate of drug-likeness (QED) is 0.338. The van der Waals surface area contributed by atoms with Gasteiger partial charge < -0.3 is 4.90 Å². The molecule has 6 nitrogen and oxygen atoms in total. The Morgan fingerprint density at radius 2 is 1.71 bits per heavy atom. The van der Waals surface area contributed by atoms with Gasteiger partial charge in [-0.1, -0.05) is 41.9 Å². The van der Waals surface area contributed by atoms with Crippen LogP contribution in [0.25, 0.3) is 27.9 Å². The van der Waals surface area contributed by atoms with Crippen molar-refractivity contribution in [1.82, 2.24) is 24.5 Å². The summed E-state index contributed by atoms with van der Waals surface area (Å²) in [6.45, 7) is 5.08. The van der Waals surface area contributed by atoms with E-state index in [2.05, 4.69) is 26.9 Å². The van der Waals surface area contributed by atoms with Crippen molar-refractivity contribution in [2.24, 2.45) is 0 Å². The fraction of sp³-hybridized carbons (Fsp3) is 0.222. The molecule has 2 aromatic heterocycles. The second-order valence-electron chi connectivity index (χ2n) is 8.98. The van der Waals surface area contributed by atoms with Crippen LogP contribution < -0.4 is 4.90 Å². The van der Waals surface area contributed by atoms with Gasteiger partial charge in [-0.3, -0.25) is 4.90 Å². The lowest BCUT2D eigenvalue weighted by Crippen LogP contribution is -2.52. The molecule has 3 aromatic carbocycles. The molecule has 35 heavy (non-hydrogen) atoms. The second kappa shape index (κ2) is 8.91. The standard InChI is InChI=1S/C27H24ClFN6/c1-18-16-34(15-14-33(18)17-20-6-2-4-8-23(20)29)27-30-24-9-5-3-7-22(24)26-32-31-25(35(26)27)19-10-12-21(28)13-11-19/h2-13,18H,14-17H2,1H3. The number of para-hydroxylation sites is 1. The molecule has 176 valence electrons. The van der Waals surface area contributed by atoms with Gasteiger partial charge in [0.05, 0.1) is 5.52 Å². The van der Waals surface area contributed by atoms with Crippen LogP contribution in [0.15, 0.2) is 72.8 Å². The maximum atomic E-state index is 14.3. The molecular formula is C27H24ClFN6. The van der Waals surface area contributed by atoms with E-state index >= 15 is 0 Å². The predicted molar refractivity (Wildman–Crippen MR) is 137 cm³/mol. The normalized spacial score (nSPS) is 16.9. The predicted octanol–water partition coefficient (Wildman–Crippen LogP) is 5.45. The third-order valence-corrected chi connectivity index (χ3v) is 6.96. The number of aromatic nitrogens is 4. The summed E-state index contributed by atoms with van der Waals surface area (Å²) in [6, 6.07) is 22.8. The van der Waals surface area contributed by atoms with Gasteiger partial charge in [0.25, 0.3) is 0 Å². The topological polar surface area (TPSA) is 49.6 Å². The fourth-order valence-corrected chi connectivity index (χ4v) is 4.95. The van der Waals surface area contributed by atoms with E-state index in [-0.39, 0.29) is 11.9 Å². The highest BCUT2D eigenvalue weighted by Crippen LogP contribution is 2.30. The zero-order chi connectivity index (χ0) is 23.9. The highest BCUT2D eigenvalue weighted by atomic mass is 35.5. The molecule has 3 heterocycles. The zero-order valence-corrected chi connectivity index (χ0v) is 20.0. The molecule has 1 atom stereocenters. The van der Waals surface area contributed by atoms with Gasteiger partial charge in [0.15, 0.2) is 11.5 Å². The lowest BCUT2D eigenvalue weighted by Gasteiger charge is -2.40. The minimum Gasteiger partial charge on any atom is -0.339 e. The van der Waals surface area contributed by atoms with E-state index in [4.69, 9.17) is 16.6 Å². The fourth-order valence-electron chi connectivity index (χ4n) is 4.82. The molecule has 8 heteroatoms. The van der Waals surface area contributed by atoms with Gasteiger partial charge >= 0.3 is 0 Å². The van der Waals surface area contributed by atoms with Crippen molar-refractivity contribution in [2.45, 2.75) is 19.5 Å². The smallest absolute Gasteiger partial charge is 0.213 e. The number of hydrogen-bond acceptors (Lipinski definition) is 5. The minimum absolute atomic E-state index is 0.155. The molecule has 5 aromatic rings. The SMILES string of the molecule is CC1CN(c2nc3ccccc3c3nnc(-c4ccc(Cl)cc4)n23)CCN1Cc1ccccc1F. The van der Waals surface area contributed by atoms with E-state index in [1.165, 1.54) is 6.07 Å². The first kappa shape index (κ1) is 21.9. The third-order valence-electron chi connectivity index (χ3n) is 6.71. The largest absolute Gasteiger partial charge is 0.339 e. The molecule has 1 saturated heterocycles. The molecule has 0 radical (unpaired) electrons. The number of halogens is 2. The monoisotopic (exact) mass is 486 g/mol. The number of piperazine rings is 1. The molecule has 1 aliphatic rings.